The van der Waals surface area contributed by atoms with Crippen molar-refractivity contribution in [3.05, 3.63) is 52.5 Å². The highest BCUT2D eigenvalue weighted by Gasteiger charge is 2.15. The van der Waals surface area contributed by atoms with Crippen LogP contribution in [-0.4, -0.2) is 29.3 Å². The third kappa shape index (κ3) is 5.65. The molecule has 0 spiro atoms. The number of carbonyl (C=O) groups is 1. The van der Waals surface area contributed by atoms with E-state index in [1.165, 1.54) is 0 Å². The second-order valence-electron chi connectivity index (χ2n) is 5.40. The molecule has 0 radical (unpaired) electrons. The van der Waals surface area contributed by atoms with Gasteiger partial charge < -0.3 is 15.7 Å². The molecule has 0 aliphatic carbocycles. The second kappa shape index (κ2) is 9.27. The van der Waals surface area contributed by atoms with Crippen LogP contribution in [0, 0.1) is 5.92 Å². The van der Waals surface area contributed by atoms with Crippen LogP contribution in [-0.2, 0) is 6.42 Å². The molecule has 23 heavy (non-hydrogen) atoms. The summed E-state index contributed by atoms with van der Waals surface area (Å²) in [5.41, 5.74) is 0.916. The first-order valence-corrected chi connectivity index (χ1v) is 8.69. The van der Waals surface area contributed by atoms with Crippen molar-refractivity contribution in [2.24, 2.45) is 5.92 Å². The van der Waals surface area contributed by atoms with Gasteiger partial charge >= 0.3 is 6.03 Å². The molecule has 0 fully saturated rings. The van der Waals surface area contributed by atoms with E-state index in [9.17, 15) is 9.90 Å². The smallest absolute Gasteiger partial charge is 0.315 e. The average molecular weight is 333 g/mol. The fourth-order valence-corrected chi connectivity index (χ4v) is 3.19. The third-order valence-electron chi connectivity index (χ3n) is 3.63. The number of hydrogen-bond donors (Lipinski definition) is 3. The summed E-state index contributed by atoms with van der Waals surface area (Å²) in [6.07, 6.45) is 3.21. The van der Waals surface area contributed by atoms with Gasteiger partial charge in [0, 0.05) is 35.8 Å². The first-order chi connectivity index (χ1) is 11.2. The maximum atomic E-state index is 12.1. The molecule has 0 aliphatic heterocycles. The average Bonchev–Trinajstić information content (AvgIpc) is 3.11. The quantitative estimate of drug-likeness (QED) is 0.695. The predicted octanol–water partition coefficient (Wildman–Crippen LogP) is 2.74. The van der Waals surface area contributed by atoms with Gasteiger partial charge in [-0.3, -0.25) is 4.98 Å². The van der Waals surface area contributed by atoms with Crippen molar-refractivity contribution in [1.82, 2.24) is 15.6 Å². The highest BCUT2D eigenvalue weighted by Crippen LogP contribution is 2.21. The Hall–Kier alpha value is -1.92. The molecule has 124 valence electrons. The minimum Gasteiger partial charge on any atom is -0.396 e. The van der Waals surface area contributed by atoms with E-state index >= 15 is 0 Å². The molecule has 0 aliphatic rings. The SMILES string of the molecule is CCC(NC(=O)NCC(CO)Cc1ccccn1)c1cccs1. The van der Waals surface area contributed by atoms with Crippen LogP contribution < -0.4 is 10.6 Å². The molecule has 2 amide bonds. The lowest BCUT2D eigenvalue weighted by molar-refractivity contribution is 0.212. The maximum absolute atomic E-state index is 12.1. The summed E-state index contributed by atoms with van der Waals surface area (Å²) in [6.45, 7) is 2.47. The van der Waals surface area contributed by atoms with Gasteiger partial charge in [0.15, 0.2) is 0 Å². The first kappa shape index (κ1) is 17.4. The van der Waals surface area contributed by atoms with Crippen LogP contribution in [0.4, 0.5) is 4.79 Å². The van der Waals surface area contributed by atoms with Crippen molar-refractivity contribution in [3.8, 4) is 0 Å². The zero-order valence-corrected chi connectivity index (χ0v) is 14.1. The number of aliphatic hydroxyl groups is 1. The zero-order valence-electron chi connectivity index (χ0n) is 13.2. The van der Waals surface area contributed by atoms with Crippen LogP contribution in [0.15, 0.2) is 41.9 Å². The number of pyridine rings is 1. The van der Waals surface area contributed by atoms with E-state index in [0.29, 0.717) is 13.0 Å². The maximum Gasteiger partial charge on any atom is 0.315 e. The van der Waals surface area contributed by atoms with Crippen LogP contribution in [0.2, 0.25) is 0 Å². The highest BCUT2D eigenvalue weighted by atomic mass is 32.1. The number of aromatic nitrogens is 1. The van der Waals surface area contributed by atoms with Gasteiger partial charge in [-0.1, -0.05) is 19.1 Å². The number of amides is 2. The summed E-state index contributed by atoms with van der Waals surface area (Å²) in [4.78, 5) is 17.5. The topological polar surface area (TPSA) is 74.2 Å². The molecule has 2 rings (SSSR count). The summed E-state index contributed by atoms with van der Waals surface area (Å²) >= 11 is 1.64. The molecule has 5 nitrogen and oxygen atoms in total. The Kier molecular flexibility index (Phi) is 7.03. The van der Waals surface area contributed by atoms with Crippen molar-refractivity contribution in [1.29, 1.82) is 0 Å². The number of urea groups is 1. The Labute approximate surface area is 140 Å². The minimum absolute atomic E-state index is 0.0129. The van der Waals surface area contributed by atoms with Gasteiger partial charge in [0.05, 0.1) is 6.04 Å². The van der Waals surface area contributed by atoms with Crippen molar-refractivity contribution < 1.29 is 9.90 Å². The van der Waals surface area contributed by atoms with Crippen LogP contribution in [0.1, 0.15) is 30.0 Å². The molecule has 2 heterocycles. The monoisotopic (exact) mass is 333 g/mol. The van der Waals surface area contributed by atoms with E-state index in [1.54, 1.807) is 17.5 Å². The summed E-state index contributed by atoms with van der Waals surface area (Å²) in [5.74, 6) is -0.0440. The fraction of sp³-hybridized carbons (Fsp3) is 0.412. The van der Waals surface area contributed by atoms with Gasteiger partial charge in [-0.05, 0) is 36.4 Å². The van der Waals surface area contributed by atoms with E-state index in [-0.39, 0.29) is 24.6 Å². The number of hydrogen-bond acceptors (Lipinski definition) is 4. The summed E-state index contributed by atoms with van der Waals surface area (Å²) < 4.78 is 0. The Balaban J connectivity index is 1.80. The van der Waals surface area contributed by atoms with E-state index in [4.69, 9.17) is 0 Å². The van der Waals surface area contributed by atoms with Crippen LogP contribution in [0.5, 0.6) is 0 Å². The molecule has 3 N–H and O–H groups in total. The molecule has 0 saturated heterocycles. The molecule has 2 atom stereocenters. The van der Waals surface area contributed by atoms with Gasteiger partial charge in [0.2, 0.25) is 0 Å². The third-order valence-corrected chi connectivity index (χ3v) is 4.62. The fourth-order valence-electron chi connectivity index (χ4n) is 2.33. The lowest BCUT2D eigenvalue weighted by Gasteiger charge is -2.18. The van der Waals surface area contributed by atoms with Crippen molar-refractivity contribution in [3.63, 3.8) is 0 Å². The van der Waals surface area contributed by atoms with E-state index < -0.39 is 0 Å². The minimum atomic E-state index is -0.204. The molecule has 6 heteroatoms. The van der Waals surface area contributed by atoms with Gasteiger partial charge in [-0.25, -0.2) is 4.79 Å². The molecular weight excluding hydrogens is 310 g/mol. The molecular formula is C17H23N3O2S. The van der Waals surface area contributed by atoms with Crippen LogP contribution in [0.25, 0.3) is 0 Å². The molecule has 2 aromatic rings. The second-order valence-corrected chi connectivity index (χ2v) is 6.38. The lowest BCUT2D eigenvalue weighted by atomic mass is 10.0. The standard InChI is InChI=1S/C17H23N3O2S/c1-2-15(16-7-5-9-23-16)20-17(22)19-11-13(12-21)10-14-6-3-4-8-18-14/h3-9,13,15,21H,2,10-12H2,1H3,(H2,19,20,22). The van der Waals surface area contributed by atoms with Crippen LogP contribution in [0.3, 0.4) is 0 Å². The molecule has 0 aromatic carbocycles. The Morgan fingerprint density at radius 2 is 2.22 bits per heavy atom. The van der Waals surface area contributed by atoms with Crippen molar-refractivity contribution in [2.45, 2.75) is 25.8 Å². The first-order valence-electron chi connectivity index (χ1n) is 7.81. The predicted molar refractivity (Wildman–Crippen MR) is 92.4 cm³/mol. The summed E-state index contributed by atoms with van der Waals surface area (Å²) in [5, 5.41) is 17.3. The van der Waals surface area contributed by atoms with Gasteiger partial charge in [0.1, 0.15) is 0 Å². The van der Waals surface area contributed by atoms with E-state index in [0.717, 1.165) is 17.0 Å². The Morgan fingerprint density at radius 1 is 1.35 bits per heavy atom. The normalized spacial score (nSPS) is 13.3. The largest absolute Gasteiger partial charge is 0.396 e. The summed E-state index contributed by atoms with van der Waals surface area (Å²) in [6, 6.07) is 9.53. The highest BCUT2D eigenvalue weighted by molar-refractivity contribution is 7.10. The Bertz CT molecular complexity index is 575. The number of carbonyl (C=O) groups excluding carboxylic acids is 1. The van der Waals surface area contributed by atoms with Gasteiger partial charge in [-0.15, -0.1) is 11.3 Å². The number of rotatable bonds is 8. The van der Waals surface area contributed by atoms with E-state index in [2.05, 4.69) is 15.6 Å². The number of nitrogens with zero attached hydrogens (tertiary/aromatic N) is 1. The van der Waals surface area contributed by atoms with Gasteiger partial charge in [0.25, 0.3) is 0 Å². The van der Waals surface area contributed by atoms with E-state index in [1.807, 2.05) is 42.6 Å². The van der Waals surface area contributed by atoms with Crippen molar-refractivity contribution >= 4 is 17.4 Å². The van der Waals surface area contributed by atoms with Gasteiger partial charge in [-0.2, -0.15) is 0 Å². The number of aliphatic hydroxyl groups excluding tert-OH is 1. The molecule has 0 bridgehead atoms. The van der Waals surface area contributed by atoms with Crippen LogP contribution >= 0.6 is 11.3 Å². The lowest BCUT2D eigenvalue weighted by Crippen LogP contribution is -2.40. The number of thiophene rings is 1. The Morgan fingerprint density at radius 3 is 2.83 bits per heavy atom. The molecule has 2 aromatic heterocycles. The zero-order chi connectivity index (χ0) is 16.5. The summed E-state index contributed by atoms with van der Waals surface area (Å²) in [7, 11) is 0. The molecule has 2 unspecified atom stereocenters. The van der Waals surface area contributed by atoms with Crippen molar-refractivity contribution in [2.75, 3.05) is 13.2 Å². The molecule has 0 saturated carbocycles. The number of nitrogens with one attached hydrogen (secondary N) is 2.